The second-order valence-electron chi connectivity index (χ2n) is 5.31. The molecule has 2 rings (SSSR count). The van der Waals surface area contributed by atoms with E-state index >= 15 is 0 Å². The van der Waals surface area contributed by atoms with Gasteiger partial charge in [-0.15, -0.1) is 0 Å². The number of likely N-dealkylation sites (tertiary alicyclic amines) is 1. The van der Waals surface area contributed by atoms with E-state index in [0.717, 1.165) is 42.6 Å². The molecule has 1 aromatic rings. The van der Waals surface area contributed by atoms with Crippen LogP contribution in [0.25, 0.3) is 0 Å². The van der Waals surface area contributed by atoms with E-state index in [1.165, 1.54) is 0 Å². The van der Waals surface area contributed by atoms with Crippen molar-refractivity contribution in [2.24, 2.45) is 5.92 Å². The summed E-state index contributed by atoms with van der Waals surface area (Å²) in [5.41, 5.74) is 0.757. The summed E-state index contributed by atoms with van der Waals surface area (Å²) in [5, 5.41) is 0. The fraction of sp³-hybridized carbons (Fsp3) is 0.562. The van der Waals surface area contributed by atoms with E-state index in [1.807, 2.05) is 29.2 Å². The smallest absolute Gasteiger partial charge is 0.253 e. The van der Waals surface area contributed by atoms with E-state index in [2.05, 4.69) is 15.9 Å². The van der Waals surface area contributed by atoms with Crippen LogP contribution in [0.1, 0.15) is 23.2 Å². The molecule has 0 radical (unpaired) electrons. The lowest BCUT2D eigenvalue weighted by Crippen LogP contribution is -2.39. The minimum Gasteiger partial charge on any atom is -0.382 e. The SMILES string of the molecule is COCCOCC1CCN(C(=O)c2ccc(Br)cc2)CC1. The highest BCUT2D eigenvalue weighted by Crippen LogP contribution is 2.20. The minimum absolute atomic E-state index is 0.126. The van der Waals surface area contributed by atoms with Gasteiger partial charge >= 0.3 is 0 Å². The Morgan fingerprint density at radius 3 is 2.52 bits per heavy atom. The van der Waals surface area contributed by atoms with Gasteiger partial charge in [-0.05, 0) is 43.0 Å². The number of ether oxygens (including phenoxy) is 2. The summed E-state index contributed by atoms with van der Waals surface area (Å²) in [6, 6.07) is 7.55. The molecule has 5 heteroatoms. The van der Waals surface area contributed by atoms with Crippen molar-refractivity contribution < 1.29 is 14.3 Å². The average molecular weight is 356 g/mol. The van der Waals surface area contributed by atoms with E-state index in [4.69, 9.17) is 9.47 Å². The molecule has 0 spiro atoms. The zero-order chi connectivity index (χ0) is 15.1. The highest BCUT2D eigenvalue weighted by atomic mass is 79.9. The van der Waals surface area contributed by atoms with Gasteiger partial charge in [0, 0.05) is 36.8 Å². The zero-order valence-electron chi connectivity index (χ0n) is 12.4. The molecule has 1 saturated heterocycles. The second-order valence-corrected chi connectivity index (χ2v) is 6.23. The van der Waals surface area contributed by atoms with Crippen molar-refractivity contribution in [1.29, 1.82) is 0 Å². The number of carbonyl (C=O) groups is 1. The first-order valence-electron chi connectivity index (χ1n) is 7.32. The van der Waals surface area contributed by atoms with Gasteiger partial charge in [-0.1, -0.05) is 15.9 Å². The van der Waals surface area contributed by atoms with Gasteiger partial charge in [-0.25, -0.2) is 0 Å². The molecule has 0 bridgehead atoms. The highest BCUT2D eigenvalue weighted by molar-refractivity contribution is 9.10. The van der Waals surface area contributed by atoms with Gasteiger partial charge in [0.05, 0.1) is 13.2 Å². The highest BCUT2D eigenvalue weighted by Gasteiger charge is 2.23. The Morgan fingerprint density at radius 2 is 1.90 bits per heavy atom. The van der Waals surface area contributed by atoms with Crippen LogP contribution in [-0.2, 0) is 9.47 Å². The molecular formula is C16H22BrNO3. The van der Waals surface area contributed by atoms with E-state index in [0.29, 0.717) is 19.1 Å². The lowest BCUT2D eigenvalue weighted by molar-refractivity contribution is 0.0327. The van der Waals surface area contributed by atoms with Crippen LogP contribution < -0.4 is 0 Å². The molecule has 1 aliphatic rings. The van der Waals surface area contributed by atoms with E-state index in [9.17, 15) is 4.79 Å². The predicted octanol–water partition coefficient (Wildman–Crippen LogP) is 2.96. The fourth-order valence-electron chi connectivity index (χ4n) is 2.47. The largest absolute Gasteiger partial charge is 0.382 e. The number of halogens is 1. The van der Waals surface area contributed by atoms with Crippen molar-refractivity contribution in [1.82, 2.24) is 4.90 Å². The topological polar surface area (TPSA) is 38.8 Å². The zero-order valence-corrected chi connectivity index (χ0v) is 14.0. The summed E-state index contributed by atoms with van der Waals surface area (Å²) in [4.78, 5) is 14.3. The van der Waals surface area contributed by atoms with E-state index in [-0.39, 0.29) is 5.91 Å². The van der Waals surface area contributed by atoms with Crippen LogP contribution in [0, 0.1) is 5.92 Å². The van der Waals surface area contributed by atoms with Crippen LogP contribution in [0.4, 0.5) is 0 Å². The molecule has 0 unspecified atom stereocenters. The van der Waals surface area contributed by atoms with Gasteiger partial charge in [-0.2, -0.15) is 0 Å². The molecule has 1 aromatic carbocycles. The maximum Gasteiger partial charge on any atom is 0.253 e. The maximum atomic E-state index is 12.4. The molecule has 21 heavy (non-hydrogen) atoms. The minimum atomic E-state index is 0.126. The number of piperidine rings is 1. The first kappa shape index (κ1) is 16.5. The van der Waals surface area contributed by atoms with E-state index in [1.54, 1.807) is 7.11 Å². The van der Waals surface area contributed by atoms with Gasteiger partial charge in [0.1, 0.15) is 0 Å². The van der Waals surface area contributed by atoms with Gasteiger partial charge in [0.2, 0.25) is 0 Å². The number of methoxy groups -OCH3 is 1. The number of hydrogen-bond acceptors (Lipinski definition) is 3. The molecule has 0 aromatic heterocycles. The van der Waals surface area contributed by atoms with Crippen LogP contribution >= 0.6 is 15.9 Å². The quantitative estimate of drug-likeness (QED) is 0.736. The molecule has 4 nitrogen and oxygen atoms in total. The summed E-state index contributed by atoms with van der Waals surface area (Å²) < 4.78 is 11.5. The van der Waals surface area contributed by atoms with Crippen LogP contribution in [0.2, 0.25) is 0 Å². The standard InChI is InChI=1S/C16H22BrNO3/c1-20-10-11-21-12-13-6-8-18(9-7-13)16(19)14-2-4-15(17)5-3-14/h2-5,13H,6-12H2,1H3. The molecule has 1 heterocycles. The summed E-state index contributed by atoms with van der Waals surface area (Å²) in [5.74, 6) is 0.678. The lowest BCUT2D eigenvalue weighted by atomic mass is 9.97. The summed E-state index contributed by atoms with van der Waals surface area (Å²) in [6.07, 6.45) is 2.02. The Balaban J connectivity index is 1.75. The average Bonchev–Trinajstić information content (AvgIpc) is 2.52. The van der Waals surface area contributed by atoms with Gasteiger partial charge in [0.15, 0.2) is 0 Å². The van der Waals surface area contributed by atoms with Crippen molar-refractivity contribution in [2.75, 3.05) is 40.0 Å². The molecule has 1 fully saturated rings. The van der Waals surface area contributed by atoms with Crippen LogP contribution in [0.5, 0.6) is 0 Å². The van der Waals surface area contributed by atoms with Crippen LogP contribution in [0.15, 0.2) is 28.7 Å². The number of hydrogen-bond donors (Lipinski definition) is 0. The van der Waals surface area contributed by atoms with Crippen molar-refractivity contribution in [3.05, 3.63) is 34.3 Å². The monoisotopic (exact) mass is 355 g/mol. The normalized spacial score (nSPS) is 16.2. The molecule has 1 amide bonds. The Labute approximate surface area is 134 Å². The predicted molar refractivity (Wildman–Crippen MR) is 85.5 cm³/mol. The molecule has 0 saturated carbocycles. The summed E-state index contributed by atoms with van der Waals surface area (Å²) >= 11 is 3.39. The summed E-state index contributed by atoms with van der Waals surface area (Å²) in [7, 11) is 1.68. The molecule has 0 N–H and O–H groups in total. The summed E-state index contributed by atoms with van der Waals surface area (Å²) in [6.45, 7) is 3.68. The Bertz CT molecular complexity index is 441. The third kappa shape index (κ3) is 5.09. The number of carbonyl (C=O) groups excluding carboxylic acids is 1. The van der Waals surface area contributed by atoms with Gasteiger partial charge in [0.25, 0.3) is 5.91 Å². The molecule has 1 aliphatic heterocycles. The number of benzene rings is 1. The van der Waals surface area contributed by atoms with Crippen molar-refractivity contribution in [2.45, 2.75) is 12.8 Å². The Morgan fingerprint density at radius 1 is 1.24 bits per heavy atom. The third-order valence-electron chi connectivity index (χ3n) is 3.78. The van der Waals surface area contributed by atoms with Gasteiger partial charge < -0.3 is 14.4 Å². The maximum absolute atomic E-state index is 12.4. The first-order valence-corrected chi connectivity index (χ1v) is 8.11. The number of amides is 1. The second kappa shape index (κ2) is 8.51. The van der Waals surface area contributed by atoms with Crippen molar-refractivity contribution in [3.63, 3.8) is 0 Å². The third-order valence-corrected chi connectivity index (χ3v) is 4.31. The van der Waals surface area contributed by atoms with Crippen LogP contribution in [0.3, 0.4) is 0 Å². The molecule has 0 aliphatic carbocycles. The number of rotatable bonds is 6. The van der Waals surface area contributed by atoms with Crippen LogP contribution in [-0.4, -0.2) is 50.8 Å². The van der Waals surface area contributed by atoms with E-state index < -0.39 is 0 Å². The first-order chi connectivity index (χ1) is 10.2. The Hall–Kier alpha value is -0.910. The molecule has 116 valence electrons. The Kier molecular flexibility index (Phi) is 6.67. The van der Waals surface area contributed by atoms with Gasteiger partial charge in [-0.3, -0.25) is 4.79 Å². The van der Waals surface area contributed by atoms with Crippen molar-refractivity contribution in [3.8, 4) is 0 Å². The lowest BCUT2D eigenvalue weighted by Gasteiger charge is -2.32. The van der Waals surface area contributed by atoms with Crippen molar-refractivity contribution >= 4 is 21.8 Å². The number of nitrogens with zero attached hydrogens (tertiary/aromatic N) is 1. The fourth-order valence-corrected chi connectivity index (χ4v) is 2.73. The molecular weight excluding hydrogens is 334 g/mol. The molecule has 0 atom stereocenters.